The van der Waals surface area contributed by atoms with Crippen molar-refractivity contribution in [1.82, 2.24) is 0 Å². The van der Waals surface area contributed by atoms with E-state index in [9.17, 15) is 4.79 Å². The number of amides is 1. The molecular formula is C25H23NO. The zero-order valence-corrected chi connectivity index (χ0v) is 15.4. The molecule has 2 heteroatoms. The number of nitrogens with one attached hydrogen (secondary N) is 1. The van der Waals surface area contributed by atoms with Crippen LogP contribution in [0.25, 0.3) is 12.2 Å². The molecule has 0 aliphatic rings. The second-order valence-corrected chi connectivity index (χ2v) is 6.41. The molecule has 0 aliphatic heterocycles. The number of hydrogen-bond acceptors (Lipinski definition) is 1. The molecule has 2 nitrogen and oxygen atoms in total. The first kappa shape index (κ1) is 18.4. The van der Waals surface area contributed by atoms with Gasteiger partial charge < -0.3 is 5.32 Å². The van der Waals surface area contributed by atoms with Crippen molar-refractivity contribution in [3.05, 3.63) is 113 Å². The molecule has 3 rings (SSSR count). The molecule has 0 unspecified atom stereocenters. The van der Waals surface area contributed by atoms with Crippen LogP contribution in [0.2, 0.25) is 0 Å². The number of benzene rings is 3. The molecule has 0 atom stereocenters. The normalized spacial score (nSPS) is 11.1. The van der Waals surface area contributed by atoms with Crippen LogP contribution in [0.15, 0.2) is 91.0 Å². The Balaban J connectivity index is 1.64. The van der Waals surface area contributed by atoms with Crippen LogP contribution >= 0.6 is 0 Å². The van der Waals surface area contributed by atoms with Gasteiger partial charge in [-0.2, -0.15) is 0 Å². The van der Waals surface area contributed by atoms with Gasteiger partial charge in [-0.15, -0.1) is 0 Å². The third kappa shape index (κ3) is 5.82. The van der Waals surface area contributed by atoms with Crippen molar-refractivity contribution in [1.29, 1.82) is 0 Å². The van der Waals surface area contributed by atoms with E-state index in [0.717, 1.165) is 23.2 Å². The van der Waals surface area contributed by atoms with Crippen LogP contribution in [0.4, 0.5) is 5.69 Å². The highest BCUT2D eigenvalue weighted by molar-refractivity contribution is 6.02. The quantitative estimate of drug-likeness (QED) is 0.549. The predicted molar refractivity (Wildman–Crippen MR) is 114 cm³/mol. The first-order valence-corrected chi connectivity index (χ1v) is 9.06. The van der Waals surface area contributed by atoms with E-state index < -0.39 is 0 Å². The van der Waals surface area contributed by atoms with E-state index in [2.05, 4.69) is 29.6 Å². The van der Waals surface area contributed by atoms with Gasteiger partial charge in [0.2, 0.25) is 5.91 Å². The number of carbonyl (C=O) groups is 1. The summed E-state index contributed by atoms with van der Waals surface area (Å²) in [4.78, 5) is 12.3. The Morgan fingerprint density at radius 3 is 2.26 bits per heavy atom. The maximum absolute atomic E-state index is 12.3. The summed E-state index contributed by atoms with van der Waals surface area (Å²) in [5, 5.41) is 2.98. The monoisotopic (exact) mass is 353 g/mol. The molecule has 3 aromatic rings. The van der Waals surface area contributed by atoms with Gasteiger partial charge in [0.15, 0.2) is 0 Å². The minimum atomic E-state index is -0.130. The first-order chi connectivity index (χ1) is 13.2. The molecule has 1 N–H and O–H groups in total. The van der Waals surface area contributed by atoms with Crippen molar-refractivity contribution in [3.63, 3.8) is 0 Å². The lowest BCUT2D eigenvalue weighted by Gasteiger charge is -2.08. The predicted octanol–water partition coefficient (Wildman–Crippen LogP) is 5.90. The summed E-state index contributed by atoms with van der Waals surface area (Å²) in [5.41, 5.74) is 5.31. The Hall–Kier alpha value is -3.39. The van der Waals surface area contributed by atoms with Crippen LogP contribution < -0.4 is 5.32 Å². The van der Waals surface area contributed by atoms with Crippen molar-refractivity contribution < 1.29 is 4.79 Å². The van der Waals surface area contributed by atoms with E-state index in [-0.39, 0.29) is 5.91 Å². The summed E-state index contributed by atoms with van der Waals surface area (Å²) in [7, 11) is 0. The number of anilines is 1. The van der Waals surface area contributed by atoms with E-state index in [1.165, 1.54) is 11.1 Å². The Labute approximate surface area is 160 Å². The van der Waals surface area contributed by atoms with Gasteiger partial charge >= 0.3 is 0 Å². The standard InChI is InChI=1S/C25H23NO/c1-20-14-16-22(17-15-20)18-19-25(27)26-24-13-6-5-11-23(24)12-7-10-21-8-3-2-4-9-21/h2-11,13-19H,12H2,1H3,(H,26,27)/b10-7+,19-18+. The maximum atomic E-state index is 12.3. The fraction of sp³-hybridized carbons (Fsp3) is 0.0800. The molecule has 0 radical (unpaired) electrons. The van der Waals surface area contributed by atoms with Gasteiger partial charge in [-0.1, -0.05) is 90.5 Å². The molecule has 1 amide bonds. The number of aryl methyl sites for hydroxylation is 1. The maximum Gasteiger partial charge on any atom is 0.248 e. The summed E-state index contributed by atoms with van der Waals surface area (Å²) < 4.78 is 0. The number of rotatable bonds is 6. The van der Waals surface area contributed by atoms with Gasteiger partial charge in [0.1, 0.15) is 0 Å². The highest BCUT2D eigenvalue weighted by Gasteiger charge is 2.03. The van der Waals surface area contributed by atoms with Crippen molar-refractivity contribution in [2.75, 3.05) is 5.32 Å². The van der Waals surface area contributed by atoms with Gasteiger partial charge in [-0.25, -0.2) is 0 Å². The number of allylic oxidation sites excluding steroid dienone is 1. The molecule has 134 valence electrons. The van der Waals surface area contributed by atoms with E-state index >= 15 is 0 Å². The average molecular weight is 353 g/mol. The minimum absolute atomic E-state index is 0.130. The molecule has 0 bridgehead atoms. The lowest BCUT2D eigenvalue weighted by molar-refractivity contribution is -0.111. The van der Waals surface area contributed by atoms with Gasteiger partial charge in [0.25, 0.3) is 0 Å². The zero-order chi connectivity index (χ0) is 18.9. The molecule has 0 saturated heterocycles. The van der Waals surface area contributed by atoms with Crippen LogP contribution in [0.3, 0.4) is 0 Å². The number of para-hydroxylation sites is 1. The number of carbonyl (C=O) groups excluding carboxylic acids is 1. The zero-order valence-electron chi connectivity index (χ0n) is 15.4. The highest BCUT2D eigenvalue weighted by atomic mass is 16.1. The van der Waals surface area contributed by atoms with Gasteiger partial charge in [0, 0.05) is 11.8 Å². The van der Waals surface area contributed by atoms with E-state index in [0.29, 0.717) is 0 Å². The van der Waals surface area contributed by atoms with Gasteiger partial charge in [-0.05, 0) is 42.2 Å². The fourth-order valence-corrected chi connectivity index (χ4v) is 2.73. The van der Waals surface area contributed by atoms with Crippen LogP contribution in [0.5, 0.6) is 0 Å². The Morgan fingerprint density at radius 1 is 0.815 bits per heavy atom. The molecule has 0 aliphatic carbocycles. The van der Waals surface area contributed by atoms with Crippen LogP contribution in [0, 0.1) is 6.92 Å². The third-order valence-corrected chi connectivity index (χ3v) is 4.23. The minimum Gasteiger partial charge on any atom is -0.322 e. The molecule has 0 saturated carbocycles. The first-order valence-electron chi connectivity index (χ1n) is 9.06. The second-order valence-electron chi connectivity index (χ2n) is 6.41. The Morgan fingerprint density at radius 2 is 1.48 bits per heavy atom. The average Bonchev–Trinajstić information content (AvgIpc) is 2.70. The van der Waals surface area contributed by atoms with Crippen LogP contribution in [0.1, 0.15) is 22.3 Å². The topological polar surface area (TPSA) is 29.1 Å². The van der Waals surface area contributed by atoms with Crippen molar-refractivity contribution >= 4 is 23.7 Å². The molecule has 0 fully saturated rings. The molecule has 0 heterocycles. The van der Waals surface area contributed by atoms with E-state index in [4.69, 9.17) is 0 Å². The molecule has 27 heavy (non-hydrogen) atoms. The fourth-order valence-electron chi connectivity index (χ4n) is 2.73. The van der Waals surface area contributed by atoms with Crippen molar-refractivity contribution in [3.8, 4) is 0 Å². The largest absolute Gasteiger partial charge is 0.322 e. The third-order valence-electron chi connectivity index (χ3n) is 4.23. The van der Waals surface area contributed by atoms with E-state index in [1.807, 2.05) is 79.7 Å². The number of hydrogen-bond donors (Lipinski definition) is 1. The Bertz CT molecular complexity index is 938. The summed E-state index contributed by atoms with van der Waals surface area (Å²) in [6, 6.07) is 26.2. The summed E-state index contributed by atoms with van der Waals surface area (Å²) in [6.45, 7) is 2.05. The highest BCUT2D eigenvalue weighted by Crippen LogP contribution is 2.17. The summed E-state index contributed by atoms with van der Waals surface area (Å²) in [6.07, 6.45) is 8.36. The van der Waals surface area contributed by atoms with Crippen molar-refractivity contribution in [2.45, 2.75) is 13.3 Å². The van der Waals surface area contributed by atoms with E-state index in [1.54, 1.807) is 6.08 Å². The van der Waals surface area contributed by atoms with Gasteiger partial charge in [-0.3, -0.25) is 4.79 Å². The SMILES string of the molecule is Cc1ccc(/C=C/C(=O)Nc2ccccc2C/C=C/c2ccccc2)cc1. The lowest BCUT2D eigenvalue weighted by Crippen LogP contribution is -2.09. The summed E-state index contributed by atoms with van der Waals surface area (Å²) in [5.74, 6) is -0.130. The van der Waals surface area contributed by atoms with Crippen LogP contribution in [-0.2, 0) is 11.2 Å². The van der Waals surface area contributed by atoms with Gasteiger partial charge in [0.05, 0.1) is 0 Å². The second kappa shape index (κ2) is 9.35. The van der Waals surface area contributed by atoms with Crippen molar-refractivity contribution in [2.24, 2.45) is 0 Å². The molecule has 0 spiro atoms. The molecule has 0 aromatic heterocycles. The lowest BCUT2D eigenvalue weighted by atomic mass is 10.1. The Kier molecular flexibility index (Phi) is 6.37. The summed E-state index contributed by atoms with van der Waals surface area (Å²) >= 11 is 0. The molecular weight excluding hydrogens is 330 g/mol. The molecule has 3 aromatic carbocycles. The van der Waals surface area contributed by atoms with Crippen LogP contribution in [-0.4, -0.2) is 5.91 Å². The smallest absolute Gasteiger partial charge is 0.248 e.